The summed E-state index contributed by atoms with van der Waals surface area (Å²) in [4.78, 5) is 3.71. The Morgan fingerprint density at radius 1 is 0.977 bits per heavy atom. The van der Waals surface area contributed by atoms with Gasteiger partial charge in [0.25, 0.3) is 0 Å². The van der Waals surface area contributed by atoms with E-state index in [1.54, 1.807) is 4.72 Å². The third-order valence-electron chi connectivity index (χ3n) is 6.44. The zero-order chi connectivity index (χ0) is 32.3. The highest BCUT2D eigenvalue weighted by molar-refractivity contribution is 7.90. The average Bonchev–Trinajstić information content (AvgIpc) is 3.47. The molecule has 232 valence electrons. The smallest absolute Gasteiger partial charge is 0.377 e. The molecule has 2 N–H and O–H groups in total. The van der Waals surface area contributed by atoms with Gasteiger partial charge in [0.15, 0.2) is 5.60 Å². The van der Waals surface area contributed by atoms with Crippen LogP contribution in [0.5, 0.6) is 0 Å². The fourth-order valence-electron chi connectivity index (χ4n) is 4.12. The zero-order valence-corrected chi connectivity index (χ0v) is 23.2. The van der Waals surface area contributed by atoms with Gasteiger partial charge in [-0.05, 0) is 58.8 Å². The molecule has 9 nitrogen and oxygen atoms in total. The summed E-state index contributed by atoms with van der Waals surface area (Å²) in [7, 11) is -5.57. The molecule has 0 aliphatic heterocycles. The van der Waals surface area contributed by atoms with E-state index in [0.717, 1.165) is 29.3 Å². The second-order valence-electron chi connectivity index (χ2n) is 9.40. The number of benzene rings is 2. The number of aliphatic hydroxyl groups is 1. The van der Waals surface area contributed by atoms with E-state index in [0.29, 0.717) is 23.8 Å². The highest BCUT2D eigenvalue weighted by Gasteiger charge is 2.58. The Morgan fingerprint density at radius 3 is 2.18 bits per heavy atom. The van der Waals surface area contributed by atoms with Gasteiger partial charge in [-0.2, -0.15) is 26.7 Å². The number of hydrogen-bond acceptors (Lipinski definition) is 7. The Kier molecular flexibility index (Phi) is 9.09. The highest BCUT2D eigenvalue weighted by atomic mass is 32.2. The molecule has 2 aromatic carbocycles. The molecular formula is C27H21F7N6O3S. The lowest BCUT2D eigenvalue weighted by molar-refractivity contribution is -0.207. The van der Waals surface area contributed by atoms with Gasteiger partial charge >= 0.3 is 21.5 Å². The van der Waals surface area contributed by atoms with Crippen molar-refractivity contribution < 1.29 is 44.3 Å². The third-order valence-corrected chi connectivity index (χ3v) is 7.64. The Morgan fingerprint density at radius 2 is 1.64 bits per heavy atom. The lowest BCUT2D eigenvalue weighted by Gasteiger charge is -2.35. The number of sulfonamides is 1. The van der Waals surface area contributed by atoms with Crippen molar-refractivity contribution >= 4 is 10.0 Å². The van der Waals surface area contributed by atoms with E-state index in [1.807, 2.05) is 0 Å². The standard InChI is InChI=1S/C27H21F7N6O3S/c1-2-23(37-44(42,43)27(32,33)34)19-8-5-17(6-9-19)3-4-18-7-12-24(35-14-18)26(30,31)25(41,15-40-16-36-38-39-40)21-11-10-20(28)13-22(21)29/h5-14,16,23,37,41H,2,15H2,1H3. The summed E-state index contributed by atoms with van der Waals surface area (Å²) in [6.07, 6.45) is 1.92. The van der Waals surface area contributed by atoms with E-state index < -0.39 is 62.5 Å². The largest absolute Gasteiger partial charge is 0.511 e. The molecule has 0 saturated heterocycles. The van der Waals surface area contributed by atoms with Gasteiger partial charge in [-0.25, -0.2) is 21.9 Å². The van der Waals surface area contributed by atoms with Gasteiger partial charge in [0.1, 0.15) is 23.7 Å². The highest BCUT2D eigenvalue weighted by Crippen LogP contribution is 2.46. The summed E-state index contributed by atoms with van der Waals surface area (Å²) in [5.41, 5.74) is -9.92. The number of tetrazole rings is 1. The fourth-order valence-corrected chi connectivity index (χ4v) is 4.93. The number of pyridine rings is 1. The summed E-state index contributed by atoms with van der Waals surface area (Å²) in [6.45, 7) is 0.478. The van der Waals surface area contributed by atoms with Gasteiger partial charge in [0, 0.05) is 35.0 Å². The molecule has 0 radical (unpaired) electrons. The van der Waals surface area contributed by atoms with Crippen LogP contribution in [0, 0.1) is 23.5 Å². The molecular weight excluding hydrogens is 621 g/mol. The van der Waals surface area contributed by atoms with Crippen molar-refractivity contribution in [2.75, 3.05) is 0 Å². The Balaban J connectivity index is 1.57. The molecule has 2 aromatic heterocycles. The van der Waals surface area contributed by atoms with Crippen molar-refractivity contribution in [2.45, 2.75) is 43.0 Å². The molecule has 44 heavy (non-hydrogen) atoms. The topological polar surface area (TPSA) is 123 Å². The SMILES string of the molecule is CCC(NS(=O)(=O)C(F)(F)F)c1ccc(C#Cc2ccc(C(F)(F)C(O)(Cn3cnnn3)c3ccc(F)cc3F)nc2)cc1. The molecule has 0 spiro atoms. The fraction of sp³-hybridized carbons (Fsp3) is 0.259. The van der Waals surface area contributed by atoms with Crippen LogP contribution in [0.25, 0.3) is 0 Å². The first-order valence-corrected chi connectivity index (χ1v) is 14.0. The van der Waals surface area contributed by atoms with Crippen LogP contribution in [-0.4, -0.2) is 44.2 Å². The lowest BCUT2D eigenvalue weighted by atomic mass is 9.84. The molecule has 4 aromatic rings. The van der Waals surface area contributed by atoms with E-state index >= 15 is 8.78 Å². The summed E-state index contributed by atoms with van der Waals surface area (Å²) in [5.74, 6) is -1.36. The number of hydrogen-bond donors (Lipinski definition) is 2. The van der Waals surface area contributed by atoms with Crippen molar-refractivity contribution in [1.82, 2.24) is 29.9 Å². The van der Waals surface area contributed by atoms with Crippen molar-refractivity contribution in [3.63, 3.8) is 0 Å². The molecule has 0 saturated carbocycles. The molecule has 0 amide bonds. The number of nitrogens with one attached hydrogen (secondary N) is 1. The molecule has 0 fully saturated rings. The van der Waals surface area contributed by atoms with E-state index in [1.165, 1.54) is 31.2 Å². The van der Waals surface area contributed by atoms with Crippen molar-refractivity contribution in [1.29, 1.82) is 0 Å². The molecule has 0 bridgehead atoms. The Hall–Kier alpha value is -4.40. The van der Waals surface area contributed by atoms with E-state index in [-0.39, 0.29) is 17.5 Å². The van der Waals surface area contributed by atoms with Gasteiger partial charge in [-0.1, -0.05) is 30.9 Å². The van der Waals surface area contributed by atoms with Crippen molar-refractivity contribution in [3.8, 4) is 11.8 Å². The molecule has 2 atom stereocenters. The molecule has 17 heteroatoms. The van der Waals surface area contributed by atoms with Gasteiger partial charge < -0.3 is 5.11 Å². The van der Waals surface area contributed by atoms with Crippen LogP contribution in [0.1, 0.15) is 47.3 Å². The quantitative estimate of drug-likeness (QED) is 0.206. The maximum absolute atomic E-state index is 15.8. The molecule has 2 unspecified atom stereocenters. The molecule has 0 aliphatic rings. The summed E-state index contributed by atoms with van der Waals surface area (Å²) >= 11 is 0. The number of alkyl halides is 5. The Bertz CT molecular complexity index is 1770. The zero-order valence-electron chi connectivity index (χ0n) is 22.4. The summed E-state index contributed by atoms with van der Waals surface area (Å²) < 4.78 is 123. The van der Waals surface area contributed by atoms with Crippen LogP contribution in [0.4, 0.5) is 30.7 Å². The van der Waals surface area contributed by atoms with Crippen molar-refractivity contribution in [2.24, 2.45) is 0 Å². The minimum absolute atomic E-state index is 0.0294. The predicted molar refractivity (Wildman–Crippen MR) is 140 cm³/mol. The average molecular weight is 643 g/mol. The Labute approximate surface area is 245 Å². The molecule has 4 rings (SSSR count). The lowest BCUT2D eigenvalue weighted by Crippen LogP contribution is -2.48. The first-order valence-electron chi connectivity index (χ1n) is 12.5. The second-order valence-corrected chi connectivity index (χ2v) is 11.1. The summed E-state index contributed by atoms with van der Waals surface area (Å²) in [6, 6.07) is 8.24. The number of nitrogens with zero attached hydrogens (tertiary/aromatic N) is 5. The van der Waals surface area contributed by atoms with Gasteiger partial charge in [-0.3, -0.25) is 4.98 Å². The minimum atomic E-state index is -5.57. The van der Waals surface area contributed by atoms with Crippen LogP contribution < -0.4 is 4.72 Å². The first-order chi connectivity index (χ1) is 20.6. The first kappa shape index (κ1) is 32.5. The van der Waals surface area contributed by atoms with Gasteiger partial charge in [0.05, 0.1) is 6.54 Å². The number of rotatable bonds is 9. The van der Waals surface area contributed by atoms with E-state index in [2.05, 4.69) is 32.4 Å². The van der Waals surface area contributed by atoms with Gasteiger partial charge in [-0.15, -0.1) is 5.10 Å². The van der Waals surface area contributed by atoms with Crippen molar-refractivity contribution in [3.05, 3.63) is 107 Å². The number of aromatic nitrogens is 5. The van der Waals surface area contributed by atoms with E-state index in [4.69, 9.17) is 0 Å². The normalized spacial score (nSPS) is 14.4. The van der Waals surface area contributed by atoms with Crippen LogP contribution in [-0.2, 0) is 28.1 Å². The molecule has 0 aliphatic carbocycles. The maximum atomic E-state index is 15.8. The van der Waals surface area contributed by atoms with Crippen LogP contribution in [0.3, 0.4) is 0 Å². The molecule has 2 heterocycles. The summed E-state index contributed by atoms with van der Waals surface area (Å²) in [5, 5.41) is 21.3. The maximum Gasteiger partial charge on any atom is 0.511 e. The minimum Gasteiger partial charge on any atom is -0.377 e. The monoisotopic (exact) mass is 642 g/mol. The van der Waals surface area contributed by atoms with Crippen LogP contribution in [0.2, 0.25) is 0 Å². The predicted octanol–water partition coefficient (Wildman–Crippen LogP) is 4.32. The van der Waals surface area contributed by atoms with E-state index in [9.17, 15) is 35.5 Å². The van der Waals surface area contributed by atoms with Gasteiger partial charge in [0.2, 0.25) is 0 Å². The third kappa shape index (κ3) is 6.72. The number of halogens is 7. The second kappa shape index (κ2) is 12.3. The van der Waals surface area contributed by atoms with Crippen LogP contribution in [0.15, 0.2) is 67.1 Å². The van der Waals surface area contributed by atoms with Crippen LogP contribution >= 0.6 is 0 Å².